The fourth-order valence-electron chi connectivity index (χ4n) is 3.41. The van der Waals surface area contributed by atoms with Gasteiger partial charge in [-0.15, -0.1) is 11.3 Å². The summed E-state index contributed by atoms with van der Waals surface area (Å²) in [5, 5.41) is 3.22. The normalized spacial score (nSPS) is 28.5. The largest absolute Gasteiger partial charge is 0.486 e. The second-order valence-electron chi connectivity index (χ2n) is 5.72. The molecule has 2 fully saturated rings. The Hall–Kier alpha value is -1.50. The van der Waals surface area contributed by atoms with Crippen molar-refractivity contribution in [2.75, 3.05) is 13.2 Å². The number of thiazole rings is 1. The van der Waals surface area contributed by atoms with E-state index in [1.54, 1.807) is 23.7 Å². The number of hydrogen-bond acceptors (Lipinski definition) is 6. The zero-order chi connectivity index (χ0) is 14.8. The van der Waals surface area contributed by atoms with Crippen molar-refractivity contribution in [3.63, 3.8) is 0 Å². The van der Waals surface area contributed by atoms with Crippen LogP contribution >= 0.6 is 11.3 Å². The van der Waals surface area contributed by atoms with Gasteiger partial charge in [0.05, 0.1) is 19.3 Å². The molecule has 0 spiro atoms. The molecule has 0 aromatic carbocycles. The molecule has 3 atom stereocenters. The molecule has 0 radical (unpaired) electrons. The summed E-state index contributed by atoms with van der Waals surface area (Å²) in [6.45, 7) is 2.65. The number of pyridine rings is 1. The number of aromatic nitrogens is 2. The number of morpholine rings is 1. The Labute approximate surface area is 133 Å². The Morgan fingerprint density at radius 1 is 1.36 bits per heavy atom. The quantitative estimate of drug-likeness (QED) is 0.866. The van der Waals surface area contributed by atoms with Gasteiger partial charge in [-0.25, -0.2) is 4.98 Å². The molecule has 0 unspecified atom stereocenters. The third-order valence-electron chi connectivity index (χ3n) is 4.39. The van der Waals surface area contributed by atoms with Crippen LogP contribution in [0.15, 0.2) is 36.1 Å². The average molecular weight is 317 g/mol. The van der Waals surface area contributed by atoms with Gasteiger partial charge in [0, 0.05) is 30.4 Å². The Morgan fingerprint density at radius 3 is 3.18 bits per heavy atom. The molecule has 1 aliphatic carbocycles. The van der Waals surface area contributed by atoms with E-state index in [4.69, 9.17) is 9.47 Å². The lowest BCUT2D eigenvalue weighted by molar-refractivity contribution is -0.0916. The number of ether oxygens (including phenoxy) is 2. The molecule has 6 heteroatoms. The van der Waals surface area contributed by atoms with Crippen molar-refractivity contribution in [2.45, 2.75) is 37.6 Å². The number of hydrogen-bond donors (Lipinski definition) is 0. The molecule has 4 rings (SSSR count). The van der Waals surface area contributed by atoms with E-state index < -0.39 is 0 Å². The zero-order valence-electron chi connectivity index (χ0n) is 12.3. The molecule has 3 heterocycles. The molecule has 1 aliphatic heterocycles. The van der Waals surface area contributed by atoms with Crippen molar-refractivity contribution in [1.82, 2.24) is 14.9 Å². The second kappa shape index (κ2) is 6.32. The monoisotopic (exact) mass is 317 g/mol. The molecule has 116 valence electrons. The van der Waals surface area contributed by atoms with Crippen molar-refractivity contribution >= 4 is 11.3 Å². The molecule has 22 heavy (non-hydrogen) atoms. The first-order chi connectivity index (χ1) is 10.9. The molecule has 0 N–H and O–H groups in total. The van der Waals surface area contributed by atoms with Gasteiger partial charge in [0.15, 0.2) is 0 Å². The molecule has 0 amide bonds. The highest BCUT2D eigenvalue weighted by Crippen LogP contribution is 2.33. The predicted octanol–water partition coefficient (Wildman–Crippen LogP) is 2.35. The lowest BCUT2D eigenvalue weighted by Crippen LogP contribution is -2.51. The molecule has 1 saturated heterocycles. The maximum atomic E-state index is 6.10. The van der Waals surface area contributed by atoms with Crippen molar-refractivity contribution in [3.8, 4) is 5.75 Å². The van der Waals surface area contributed by atoms with Gasteiger partial charge < -0.3 is 9.47 Å². The van der Waals surface area contributed by atoms with Gasteiger partial charge in [0.2, 0.25) is 0 Å². The molecule has 2 aromatic rings. The third-order valence-corrected chi connectivity index (χ3v) is 5.16. The molecule has 1 saturated carbocycles. The fraction of sp³-hybridized carbons (Fsp3) is 0.500. The Balaban J connectivity index is 1.44. The Morgan fingerprint density at radius 2 is 2.36 bits per heavy atom. The van der Waals surface area contributed by atoms with Crippen molar-refractivity contribution in [1.29, 1.82) is 0 Å². The van der Waals surface area contributed by atoms with Crippen molar-refractivity contribution in [3.05, 3.63) is 41.1 Å². The first-order valence-corrected chi connectivity index (χ1v) is 8.59. The van der Waals surface area contributed by atoms with Crippen LogP contribution in [-0.2, 0) is 11.3 Å². The highest BCUT2D eigenvalue weighted by Gasteiger charge is 2.44. The summed E-state index contributed by atoms with van der Waals surface area (Å²) in [5.41, 5.74) is 0. The molecule has 2 aromatic heterocycles. The van der Waals surface area contributed by atoms with E-state index in [2.05, 4.69) is 14.9 Å². The van der Waals surface area contributed by atoms with Crippen LogP contribution in [0.5, 0.6) is 5.75 Å². The second-order valence-corrected chi connectivity index (χ2v) is 6.70. The summed E-state index contributed by atoms with van der Waals surface area (Å²) in [4.78, 5) is 11.0. The summed E-state index contributed by atoms with van der Waals surface area (Å²) in [6, 6.07) is 4.29. The minimum absolute atomic E-state index is 0.119. The van der Waals surface area contributed by atoms with Gasteiger partial charge in [0.1, 0.15) is 23.0 Å². The summed E-state index contributed by atoms with van der Waals surface area (Å²) >= 11 is 1.72. The van der Waals surface area contributed by atoms with E-state index >= 15 is 0 Å². The van der Waals surface area contributed by atoms with Gasteiger partial charge in [0.25, 0.3) is 0 Å². The van der Waals surface area contributed by atoms with Crippen molar-refractivity contribution < 1.29 is 9.47 Å². The number of fused-ring (bicyclic) bond motifs is 1. The summed E-state index contributed by atoms with van der Waals surface area (Å²) in [6.07, 6.45) is 7.81. The number of rotatable bonds is 4. The van der Waals surface area contributed by atoms with E-state index in [0.717, 1.165) is 38.3 Å². The van der Waals surface area contributed by atoms with Crippen LogP contribution in [0.25, 0.3) is 0 Å². The van der Waals surface area contributed by atoms with Crippen LogP contribution in [-0.4, -0.2) is 46.3 Å². The average Bonchev–Trinajstić information content (AvgIpc) is 3.19. The third kappa shape index (κ3) is 2.86. The molecule has 0 bridgehead atoms. The summed E-state index contributed by atoms with van der Waals surface area (Å²) in [5.74, 6) is 0.828. The fourth-order valence-corrected chi connectivity index (χ4v) is 4.05. The summed E-state index contributed by atoms with van der Waals surface area (Å²) in [7, 11) is 0. The van der Waals surface area contributed by atoms with Gasteiger partial charge in [-0.1, -0.05) is 0 Å². The van der Waals surface area contributed by atoms with E-state index in [9.17, 15) is 0 Å². The highest BCUT2D eigenvalue weighted by molar-refractivity contribution is 7.09. The lowest BCUT2D eigenvalue weighted by atomic mass is 10.1. The smallest absolute Gasteiger partial charge is 0.138 e. The first-order valence-electron chi connectivity index (χ1n) is 7.71. The minimum Gasteiger partial charge on any atom is -0.486 e. The Bertz CT molecular complexity index is 593. The van der Waals surface area contributed by atoms with Crippen LogP contribution in [0.2, 0.25) is 0 Å². The zero-order valence-corrected chi connectivity index (χ0v) is 13.1. The Kier molecular flexibility index (Phi) is 4.05. The maximum Gasteiger partial charge on any atom is 0.138 e. The SMILES string of the molecule is c1cncc(O[C@H]2CC[C@@H]3[C@@H]2OCCN3Cc2nccs2)c1. The molecule has 5 nitrogen and oxygen atoms in total. The predicted molar refractivity (Wildman–Crippen MR) is 83.9 cm³/mol. The first kappa shape index (κ1) is 14.1. The van der Waals surface area contributed by atoms with Gasteiger partial charge >= 0.3 is 0 Å². The molecular formula is C16H19N3O2S. The molecular weight excluding hydrogens is 298 g/mol. The maximum absolute atomic E-state index is 6.10. The van der Waals surface area contributed by atoms with Gasteiger partial charge in [-0.2, -0.15) is 0 Å². The van der Waals surface area contributed by atoms with Crippen LogP contribution in [0.4, 0.5) is 0 Å². The van der Waals surface area contributed by atoms with Gasteiger partial charge in [-0.05, 0) is 25.0 Å². The van der Waals surface area contributed by atoms with Crippen LogP contribution in [0.3, 0.4) is 0 Å². The van der Waals surface area contributed by atoms with E-state index in [1.165, 1.54) is 5.01 Å². The minimum atomic E-state index is 0.119. The van der Waals surface area contributed by atoms with Crippen LogP contribution in [0.1, 0.15) is 17.8 Å². The van der Waals surface area contributed by atoms with Crippen LogP contribution in [0, 0.1) is 0 Å². The van der Waals surface area contributed by atoms with E-state index in [0.29, 0.717) is 6.04 Å². The summed E-state index contributed by atoms with van der Waals surface area (Å²) < 4.78 is 12.1. The lowest BCUT2D eigenvalue weighted by Gasteiger charge is -2.38. The topological polar surface area (TPSA) is 47.5 Å². The highest BCUT2D eigenvalue weighted by atomic mass is 32.1. The van der Waals surface area contributed by atoms with E-state index in [1.807, 2.05) is 23.7 Å². The van der Waals surface area contributed by atoms with Crippen LogP contribution < -0.4 is 4.74 Å². The van der Waals surface area contributed by atoms with Gasteiger partial charge in [-0.3, -0.25) is 9.88 Å². The molecule has 2 aliphatic rings. The standard InChI is InChI=1S/C16H19N3O2S/c1-2-12(10-17-5-1)21-14-4-3-13-16(14)20-8-7-19(13)11-15-18-6-9-22-15/h1-2,5-6,9-10,13-14,16H,3-4,7-8,11H2/t13-,14+,16+/m1/s1. The van der Waals surface area contributed by atoms with Crippen molar-refractivity contribution in [2.24, 2.45) is 0 Å². The number of nitrogens with zero attached hydrogens (tertiary/aromatic N) is 3. The van der Waals surface area contributed by atoms with E-state index in [-0.39, 0.29) is 12.2 Å².